The van der Waals surface area contributed by atoms with Crippen molar-refractivity contribution in [1.29, 1.82) is 0 Å². The van der Waals surface area contributed by atoms with Crippen LogP contribution in [0.2, 0.25) is 0 Å². The van der Waals surface area contributed by atoms with Gasteiger partial charge in [0.05, 0.1) is 50.5 Å². The van der Waals surface area contributed by atoms with Crippen molar-refractivity contribution in [3.8, 4) is 22.9 Å². The minimum Gasteiger partial charge on any atom is -0.458 e. The molecule has 0 aliphatic carbocycles. The van der Waals surface area contributed by atoms with Crippen LogP contribution >= 0.6 is 0 Å². The fourth-order valence-corrected chi connectivity index (χ4v) is 14.4. The van der Waals surface area contributed by atoms with Crippen molar-refractivity contribution >= 4 is 141 Å². The lowest BCUT2D eigenvalue weighted by molar-refractivity contribution is 0.487. The lowest BCUT2D eigenvalue weighted by Crippen LogP contribution is -2.64. The van der Waals surface area contributed by atoms with E-state index in [-0.39, 0.29) is 11.6 Å². The molecule has 0 unspecified atom stereocenters. The summed E-state index contributed by atoms with van der Waals surface area (Å²) in [5.41, 5.74) is 17.2. The lowest BCUT2D eigenvalue weighted by Gasteiger charge is -2.45. The molecule has 2 aromatic heterocycles. The van der Waals surface area contributed by atoms with Gasteiger partial charge in [-0.15, -0.1) is 0 Å². The number of rotatable bonds is 5. The Hall–Kier alpha value is -10.6. The molecule has 388 valence electrons. The van der Waals surface area contributed by atoms with E-state index in [0.29, 0.717) is 28.6 Å². The number of hydrogen-bond acceptors (Lipinski definition) is 4. The lowest BCUT2D eigenvalue weighted by atomic mass is 9.30. The average Bonchev–Trinajstić information content (AvgIpc) is 1.37. The molecule has 0 atom stereocenters. The number of halogens is 3. The van der Waals surface area contributed by atoms with Gasteiger partial charge in [0.2, 0.25) is 0 Å². The number of fused-ring (bicyclic) bond motifs is 14. The molecule has 14 aromatic rings. The first-order valence-electron chi connectivity index (χ1n) is 28.0. The zero-order valence-electron chi connectivity index (χ0n) is 44.2. The molecule has 0 radical (unpaired) electrons. The van der Waals surface area contributed by atoms with Crippen LogP contribution in [0.4, 0.5) is 64.4 Å². The van der Waals surface area contributed by atoms with Gasteiger partial charge in [-0.3, -0.25) is 0 Å². The molecule has 4 aliphatic rings. The largest absolute Gasteiger partial charge is 0.458 e. The van der Waals surface area contributed by atoms with Gasteiger partial charge in [-0.25, -0.2) is 13.2 Å². The van der Waals surface area contributed by atoms with Crippen LogP contribution in [0.1, 0.15) is 0 Å². The summed E-state index contributed by atoms with van der Waals surface area (Å²) in [6, 6.07) is 84.1. The quantitative estimate of drug-likeness (QED) is 0.161. The number of ether oxygens (including phenoxy) is 1. The SMILES string of the molecule is Fc1ccccc1N1c2ccccc2B2c3cc4c(cc3Oc3cc(-n5c6ccccc6c6ccccc65)cc1c32)N(c1ccccc1F)c1cc(-n2c3ccccc3c3ccccc32)cc2c1B4c1ccccc1N2c1ccccc1F. The summed E-state index contributed by atoms with van der Waals surface area (Å²) in [7, 11) is 0. The highest BCUT2D eigenvalue weighted by Gasteiger charge is 2.48. The fourth-order valence-electron chi connectivity index (χ4n) is 14.4. The van der Waals surface area contributed by atoms with Crippen LogP contribution in [0.15, 0.2) is 255 Å². The molecule has 0 bridgehead atoms. The molecule has 0 fully saturated rings. The predicted molar refractivity (Wildman–Crippen MR) is 335 cm³/mol. The maximum atomic E-state index is 17.4. The third kappa shape index (κ3) is 6.36. The van der Waals surface area contributed by atoms with Crippen LogP contribution in [0.5, 0.6) is 11.5 Å². The number of nitrogens with zero attached hydrogens (tertiary/aromatic N) is 5. The molecule has 83 heavy (non-hydrogen) atoms. The number of aromatic nitrogens is 2. The second kappa shape index (κ2) is 17.2. The van der Waals surface area contributed by atoms with Crippen molar-refractivity contribution < 1.29 is 17.9 Å². The van der Waals surface area contributed by atoms with E-state index < -0.39 is 19.2 Å². The monoisotopic (exact) mass is 1070 g/mol. The van der Waals surface area contributed by atoms with Crippen molar-refractivity contribution in [1.82, 2.24) is 9.13 Å². The van der Waals surface area contributed by atoms with E-state index in [4.69, 9.17) is 4.74 Å². The van der Waals surface area contributed by atoms with Crippen molar-refractivity contribution in [3.63, 3.8) is 0 Å². The summed E-state index contributed by atoms with van der Waals surface area (Å²) >= 11 is 0. The first kappa shape index (κ1) is 46.1. The zero-order chi connectivity index (χ0) is 54.8. The van der Waals surface area contributed by atoms with E-state index in [1.165, 1.54) is 18.2 Å². The van der Waals surface area contributed by atoms with Gasteiger partial charge in [0.1, 0.15) is 29.0 Å². The highest BCUT2D eigenvalue weighted by Crippen LogP contribution is 2.50. The Labute approximate surface area is 475 Å². The van der Waals surface area contributed by atoms with Gasteiger partial charge < -0.3 is 28.6 Å². The number of benzene rings is 12. The fraction of sp³-hybridized carbons (Fsp3) is 0. The maximum absolute atomic E-state index is 17.4. The molecule has 6 nitrogen and oxygen atoms in total. The van der Waals surface area contributed by atoms with Gasteiger partial charge >= 0.3 is 0 Å². The number of hydrogen-bond donors (Lipinski definition) is 0. The predicted octanol–water partition coefficient (Wildman–Crippen LogP) is 14.8. The van der Waals surface area contributed by atoms with Gasteiger partial charge in [-0.1, -0.05) is 152 Å². The van der Waals surface area contributed by atoms with Crippen LogP contribution < -0.4 is 52.2 Å². The van der Waals surface area contributed by atoms with Gasteiger partial charge in [-0.2, -0.15) is 0 Å². The Morgan fingerprint density at radius 3 is 1.06 bits per heavy atom. The van der Waals surface area contributed by atoms with E-state index in [1.54, 1.807) is 18.2 Å². The van der Waals surface area contributed by atoms with Crippen LogP contribution in [-0.2, 0) is 0 Å². The van der Waals surface area contributed by atoms with E-state index in [9.17, 15) is 0 Å². The molecular formula is C72H42B2F3N5O. The van der Waals surface area contributed by atoms with Gasteiger partial charge in [-0.05, 0) is 124 Å². The van der Waals surface area contributed by atoms with E-state index in [0.717, 1.165) is 122 Å². The minimum atomic E-state index is -0.429. The summed E-state index contributed by atoms with van der Waals surface area (Å²) in [5.74, 6) is 0.102. The molecule has 0 spiro atoms. The first-order valence-corrected chi connectivity index (χ1v) is 28.0. The Morgan fingerprint density at radius 1 is 0.265 bits per heavy atom. The Kier molecular flexibility index (Phi) is 9.56. The Bertz CT molecular complexity index is 5040. The van der Waals surface area contributed by atoms with Crippen molar-refractivity contribution in [2.24, 2.45) is 0 Å². The standard InChI is InChI=1S/C72H42B2F3N5O/c75-53-25-7-16-34-62(53)80-60-32-14-5-23-49(60)73-51-41-52-69(42-65(51)82(64-36-18-9-27-55(64)77)67-38-43(37-66(80)71(67)73)78-56-28-10-1-19-45(56)46-20-2-11-29-57(46)78)83-70-40-44(79-58-30-12-3-21-47(58)48-22-4-13-31-59(48)79)39-68-72(70)74(52)50-24-6-15-33-61(50)81(68)63-35-17-8-26-54(63)76/h1-42H. The van der Waals surface area contributed by atoms with E-state index in [1.807, 2.05) is 54.6 Å². The van der Waals surface area contributed by atoms with Crippen LogP contribution in [0, 0.1) is 17.5 Å². The molecule has 18 rings (SSSR count). The highest BCUT2D eigenvalue weighted by atomic mass is 19.1. The smallest absolute Gasteiger partial charge is 0.256 e. The normalized spacial score (nSPS) is 13.5. The van der Waals surface area contributed by atoms with E-state index >= 15 is 13.2 Å². The number of para-hydroxylation sites is 9. The topological polar surface area (TPSA) is 28.8 Å². The molecular weight excluding hydrogens is 1030 g/mol. The van der Waals surface area contributed by atoms with E-state index in [2.05, 4.69) is 188 Å². The summed E-state index contributed by atoms with van der Waals surface area (Å²) < 4.78 is 63.0. The van der Waals surface area contributed by atoms with Gasteiger partial charge in [0.15, 0.2) is 0 Å². The van der Waals surface area contributed by atoms with Gasteiger partial charge in [0, 0.05) is 67.8 Å². The Balaban J connectivity index is 0.948. The number of anilines is 9. The summed E-state index contributed by atoms with van der Waals surface area (Å²) in [5, 5.41) is 4.41. The highest BCUT2D eigenvalue weighted by molar-refractivity contribution is 7.02. The Morgan fingerprint density at radius 2 is 0.614 bits per heavy atom. The molecule has 0 N–H and O–H groups in total. The summed E-state index contributed by atoms with van der Waals surface area (Å²) in [6.07, 6.45) is 0. The van der Waals surface area contributed by atoms with Gasteiger partial charge in [0.25, 0.3) is 13.4 Å². The molecule has 0 saturated heterocycles. The summed E-state index contributed by atoms with van der Waals surface area (Å²) in [6.45, 7) is -0.822. The molecule has 11 heteroatoms. The molecule has 4 aliphatic heterocycles. The average molecular weight is 1070 g/mol. The molecule has 12 aromatic carbocycles. The second-order valence-corrected chi connectivity index (χ2v) is 21.9. The summed E-state index contributed by atoms with van der Waals surface area (Å²) in [4.78, 5) is 6.16. The molecule has 0 saturated carbocycles. The van der Waals surface area contributed by atoms with Crippen molar-refractivity contribution in [2.45, 2.75) is 0 Å². The molecule has 0 amide bonds. The maximum Gasteiger partial charge on any atom is 0.256 e. The van der Waals surface area contributed by atoms with Crippen LogP contribution in [0.3, 0.4) is 0 Å². The van der Waals surface area contributed by atoms with Crippen LogP contribution in [0.25, 0.3) is 55.0 Å². The third-order valence-corrected chi connectivity index (χ3v) is 17.7. The first-order chi connectivity index (χ1) is 41.0. The van der Waals surface area contributed by atoms with Crippen molar-refractivity contribution in [3.05, 3.63) is 272 Å². The second-order valence-electron chi connectivity index (χ2n) is 21.9. The molecule has 6 heterocycles. The van der Waals surface area contributed by atoms with Crippen LogP contribution in [-0.4, -0.2) is 22.6 Å². The zero-order valence-corrected chi connectivity index (χ0v) is 44.2. The third-order valence-electron chi connectivity index (χ3n) is 17.7. The van der Waals surface area contributed by atoms with Crippen molar-refractivity contribution in [2.75, 3.05) is 14.7 Å². The minimum absolute atomic E-state index is 0.348.